The average Bonchev–Trinajstić information content (AvgIpc) is 3.18. The first kappa shape index (κ1) is 15.7. The predicted molar refractivity (Wildman–Crippen MR) is 86.3 cm³/mol. The molecule has 122 valence electrons. The summed E-state index contributed by atoms with van der Waals surface area (Å²) in [6.07, 6.45) is 1.59. The summed E-state index contributed by atoms with van der Waals surface area (Å²) in [5.74, 6) is 1.13. The molecule has 3 rings (SSSR count). The molecule has 1 aromatic carbocycles. The molecule has 1 aliphatic rings. The van der Waals surface area contributed by atoms with Gasteiger partial charge >= 0.3 is 6.03 Å². The van der Waals surface area contributed by atoms with Crippen LogP contribution in [0, 0.1) is 0 Å². The number of rotatable bonds is 4. The van der Waals surface area contributed by atoms with Crippen LogP contribution < -0.4 is 5.32 Å². The van der Waals surface area contributed by atoms with Gasteiger partial charge in [-0.2, -0.15) is 0 Å². The van der Waals surface area contributed by atoms with E-state index >= 15 is 0 Å². The second kappa shape index (κ2) is 6.95. The summed E-state index contributed by atoms with van der Waals surface area (Å²) in [7, 11) is 1.79. The number of amides is 2. The maximum atomic E-state index is 12.2. The Labute approximate surface area is 139 Å². The van der Waals surface area contributed by atoms with Gasteiger partial charge in [0.25, 0.3) is 0 Å². The Morgan fingerprint density at radius 1 is 1.39 bits per heavy atom. The van der Waals surface area contributed by atoms with Crippen LogP contribution in [0.15, 0.2) is 24.3 Å². The van der Waals surface area contributed by atoms with E-state index in [4.69, 9.17) is 11.6 Å². The van der Waals surface area contributed by atoms with Crippen molar-refractivity contribution in [1.82, 2.24) is 30.4 Å². The highest BCUT2D eigenvalue weighted by atomic mass is 35.5. The number of halogens is 1. The second-order valence-corrected chi connectivity index (χ2v) is 6.12. The number of hydrogen-bond acceptors (Lipinski definition) is 4. The van der Waals surface area contributed by atoms with E-state index in [1.165, 1.54) is 5.56 Å². The molecular formula is C15H19ClN6O. The number of aryl methyl sites for hydroxylation is 1. The molecule has 2 aromatic rings. The number of tetrazole rings is 1. The van der Waals surface area contributed by atoms with Gasteiger partial charge in [0.05, 0.1) is 0 Å². The zero-order chi connectivity index (χ0) is 16.2. The van der Waals surface area contributed by atoms with Crippen molar-refractivity contribution in [2.75, 3.05) is 19.6 Å². The SMILES string of the molecule is Cn1nnnc1CCNC(=O)N1CCC(c2ccc(Cl)cc2)C1. The van der Waals surface area contributed by atoms with Crippen molar-refractivity contribution in [2.45, 2.75) is 18.8 Å². The number of aromatic nitrogens is 4. The Morgan fingerprint density at radius 2 is 2.17 bits per heavy atom. The molecule has 0 radical (unpaired) electrons. The molecule has 1 atom stereocenters. The first-order valence-electron chi connectivity index (χ1n) is 7.63. The third kappa shape index (κ3) is 3.79. The van der Waals surface area contributed by atoms with Gasteiger partial charge in [-0.3, -0.25) is 0 Å². The van der Waals surface area contributed by atoms with Gasteiger partial charge in [0.15, 0.2) is 5.82 Å². The van der Waals surface area contributed by atoms with Crippen molar-refractivity contribution in [3.63, 3.8) is 0 Å². The van der Waals surface area contributed by atoms with Gasteiger partial charge < -0.3 is 10.2 Å². The largest absolute Gasteiger partial charge is 0.338 e. The Balaban J connectivity index is 1.47. The van der Waals surface area contributed by atoms with Crippen LogP contribution >= 0.6 is 11.6 Å². The lowest BCUT2D eigenvalue weighted by molar-refractivity contribution is 0.208. The average molecular weight is 335 g/mol. The number of hydrogen-bond donors (Lipinski definition) is 1. The minimum atomic E-state index is -0.0309. The lowest BCUT2D eigenvalue weighted by Gasteiger charge is -2.17. The summed E-state index contributed by atoms with van der Waals surface area (Å²) in [6.45, 7) is 2.03. The number of nitrogens with one attached hydrogen (secondary N) is 1. The minimum Gasteiger partial charge on any atom is -0.338 e. The molecule has 1 aliphatic heterocycles. The van der Waals surface area contributed by atoms with Crippen molar-refractivity contribution in [2.24, 2.45) is 7.05 Å². The zero-order valence-electron chi connectivity index (χ0n) is 12.9. The van der Waals surface area contributed by atoms with Crippen molar-refractivity contribution >= 4 is 17.6 Å². The van der Waals surface area contributed by atoms with Crippen molar-refractivity contribution < 1.29 is 4.79 Å². The molecule has 8 heteroatoms. The summed E-state index contributed by atoms with van der Waals surface area (Å²) >= 11 is 5.92. The number of urea groups is 1. The highest BCUT2D eigenvalue weighted by Gasteiger charge is 2.27. The van der Waals surface area contributed by atoms with Gasteiger partial charge in [-0.05, 0) is 34.5 Å². The summed E-state index contributed by atoms with van der Waals surface area (Å²) in [5.41, 5.74) is 1.23. The Kier molecular flexibility index (Phi) is 4.76. The molecule has 1 fully saturated rings. The van der Waals surface area contributed by atoms with Crippen LogP contribution in [0.3, 0.4) is 0 Å². The fourth-order valence-electron chi connectivity index (χ4n) is 2.80. The summed E-state index contributed by atoms with van der Waals surface area (Å²) in [4.78, 5) is 14.1. The Hall–Kier alpha value is -2.15. The van der Waals surface area contributed by atoms with Gasteiger partial charge in [-0.1, -0.05) is 23.7 Å². The fraction of sp³-hybridized carbons (Fsp3) is 0.467. The maximum absolute atomic E-state index is 12.2. The number of carbonyl (C=O) groups excluding carboxylic acids is 1. The van der Waals surface area contributed by atoms with Crippen LogP contribution in [-0.2, 0) is 13.5 Å². The summed E-state index contributed by atoms with van der Waals surface area (Å²) in [6, 6.07) is 7.84. The quantitative estimate of drug-likeness (QED) is 0.921. The monoisotopic (exact) mass is 334 g/mol. The lowest BCUT2D eigenvalue weighted by Crippen LogP contribution is -2.39. The second-order valence-electron chi connectivity index (χ2n) is 5.68. The molecule has 0 bridgehead atoms. The van der Waals surface area contributed by atoms with Crippen LogP contribution in [0.25, 0.3) is 0 Å². The van der Waals surface area contributed by atoms with E-state index in [0.717, 1.165) is 30.4 Å². The van der Waals surface area contributed by atoms with E-state index < -0.39 is 0 Å². The third-order valence-electron chi connectivity index (χ3n) is 4.15. The van der Waals surface area contributed by atoms with Crippen LogP contribution in [0.5, 0.6) is 0 Å². The van der Waals surface area contributed by atoms with Gasteiger partial charge in [0, 0.05) is 44.0 Å². The van der Waals surface area contributed by atoms with Crippen molar-refractivity contribution in [3.8, 4) is 0 Å². The van der Waals surface area contributed by atoms with Gasteiger partial charge in [0.2, 0.25) is 0 Å². The third-order valence-corrected chi connectivity index (χ3v) is 4.40. The van der Waals surface area contributed by atoms with E-state index in [1.807, 2.05) is 29.2 Å². The molecule has 2 amide bonds. The van der Waals surface area contributed by atoms with E-state index in [2.05, 4.69) is 20.8 Å². The maximum Gasteiger partial charge on any atom is 0.317 e. The lowest BCUT2D eigenvalue weighted by atomic mass is 9.99. The molecule has 0 aliphatic carbocycles. The first-order chi connectivity index (χ1) is 11.1. The van der Waals surface area contributed by atoms with Crippen molar-refractivity contribution in [3.05, 3.63) is 40.7 Å². The van der Waals surface area contributed by atoms with E-state index in [0.29, 0.717) is 18.9 Å². The van der Waals surface area contributed by atoms with Gasteiger partial charge in [-0.25, -0.2) is 9.48 Å². The Morgan fingerprint density at radius 3 is 2.87 bits per heavy atom. The van der Waals surface area contributed by atoms with E-state index in [-0.39, 0.29) is 6.03 Å². The summed E-state index contributed by atoms with van der Waals surface area (Å²) < 4.78 is 1.61. The van der Waals surface area contributed by atoms with Crippen molar-refractivity contribution in [1.29, 1.82) is 0 Å². The number of benzene rings is 1. The first-order valence-corrected chi connectivity index (χ1v) is 8.01. The zero-order valence-corrected chi connectivity index (χ0v) is 13.7. The van der Waals surface area contributed by atoms with Gasteiger partial charge in [-0.15, -0.1) is 5.10 Å². The topological polar surface area (TPSA) is 75.9 Å². The van der Waals surface area contributed by atoms with Crippen LogP contribution in [0.1, 0.15) is 23.7 Å². The molecule has 1 N–H and O–H groups in total. The molecular weight excluding hydrogens is 316 g/mol. The highest BCUT2D eigenvalue weighted by molar-refractivity contribution is 6.30. The number of likely N-dealkylation sites (tertiary alicyclic amines) is 1. The smallest absolute Gasteiger partial charge is 0.317 e. The van der Waals surface area contributed by atoms with Crippen LogP contribution in [-0.4, -0.2) is 50.8 Å². The highest BCUT2D eigenvalue weighted by Crippen LogP contribution is 2.27. The minimum absolute atomic E-state index is 0.0309. The number of carbonyl (C=O) groups is 1. The molecule has 1 unspecified atom stereocenters. The molecule has 0 spiro atoms. The fourth-order valence-corrected chi connectivity index (χ4v) is 2.93. The number of nitrogens with zero attached hydrogens (tertiary/aromatic N) is 5. The van der Waals surface area contributed by atoms with Gasteiger partial charge in [0.1, 0.15) is 0 Å². The molecule has 1 saturated heterocycles. The molecule has 1 aromatic heterocycles. The molecule has 2 heterocycles. The van der Waals surface area contributed by atoms with Crippen LogP contribution in [0.2, 0.25) is 5.02 Å². The standard InChI is InChI=1S/C15H19ClN6O/c1-21-14(18-19-20-21)6-8-17-15(23)22-9-7-12(10-22)11-2-4-13(16)5-3-11/h2-5,12H,6-10H2,1H3,(H,17,23). The summed E-state index contributed by atoms with van der Waals surface area (Å²) in [5, 5.41) is 14.9. The van der Waals surface area contributed by atoms with E-state index in [1.54, 1.807) is 11.7 Å². The van der Waals surface area contributed by atoms with Crippen LogP contribution in [0.4, 0.5) is 4.79 Å². The normalized spacial score (nSPS) is 17.5. The molecule has 0 saturated carbocycles. The predicted octanol–water partition coefficient (Wildman–Crippen LogP) is 1.61. The Bertz CT molecular complexity index is 671. The van der Waals surface area contributed by atoms with E-state index in [9.17, 15) is 4.79 Å². The molecule has 7 nitrogen and oxygen atoms in total. The molecule has 23 heavy (non-hydrogen) atoms.